The van der Waals surface area contributed by atoms with Crippen LogP contribution < -0.4 is 11.1 Å². The molecule has 0 aliphatic carbocycles. The molecule has 0 aliphatic heterocycles. The van der Waals surface area contributed by atoms with Crippen LogP contribution in [0.3, 0.4) is 0 Å². The number of aromatic hydroxyl groups is 2. The van der Waals surface area contributed by atoms with Gasteiger partial charge in [-0.25, -0.2) is 0 Å². The maximum absolute atomic E-state index is 11.7. The first-order chi connectivity index (χ1) is 8.93. The number of nitrogens with two attached hydrogens (primary N) is 1. The van der Waals surface area contributed by atoms with Crippen molar-refractivity contribution < 1.29 is 20.1 Å². The van der Waals surface area contributed by atoms with Crippen molar-refractivity contribution in [3.05, 3.63) is 23.8 Å². The summed E-state index contributed by atoms with van der Waals surface area (Å²) >= 11 is 0. The second kappa shape index (κ2) is 6.96. The highest BCUT2D eigenvalue weighted by Crippen LogP contribution is 2.25. The van der Waals surface area contributed by atoms with Gasteiger partial charge in [0.05, 0.1) is 12.1 Å². The number of benzene rings is 1. The summed E-state index contributed by atoms with van der Waals surface area (Å²) in [6, 6.07) is 3.52. The first kappa shape index (κ1) is 15.3. The van der Waals surface area contributed by atoms with Crippen LogP contribution in [0.4, 0.5) is 0 Å². The molecule has 1 aromatic rings. The zero-order valence-corrected chi connectivity index (χ0v) is 10.8. The zero-order chi connectivity index (χ0) is 14.4. The van der Waals surface area contributed by atoms with Gasteiger partial charge in [0.1, 0.15) is 0 Å². The Morgan fingerprint density at radius 3 is 2.63 bits per heavy atom. The third kappa shape index (κ3) is 4.76. The van der Waals surface area contributed by atoms with Crippen LogP contribution in [0.25, 0.3) is 0 Å². The molecule has 0 saturated heterocycles. The molecule has 1 amide bonds. The normalized spacial score (nSPS) is 13.8. The fraction of sp³-hybridized carbons (Fsp3) is 0.462. The van der Waals surface area contributed by atoms with Gasteiger partial charge in [0.2, 0.25) is 5.91 Å². The van der Waals surface area contributed by atoms with Crippen molar-refractivity contribution in [3.63, 3.8) is 0 Å². The smallest absolute Gasteiger partial charge is 0.237 e. The van der Waals surface area contributed by atoms with Crippen molar-refractivity contribution >= 4 is 5.91 Å². The van der Waals surface area contributed by atoms with Crippen LogP contribution in [0.2, 0.25) is 0 Å². The molecule has 0 aromatic heterocycles. The van der Waals surface area contributed by atoms with Gasteiger partial charge < -0.3 is 26.4 Å². The van der Waals surface area contributed by atoms with E-state index in [9.17, 15) is 20.1 Å². The highest BCUT2D eigenvalue weighted by atomic mass is 16.3. The van der Waals surface area contributed by atoms with Crippen LogP contribution in [-0.4, -0.2) is 39.9 Å². The Balaban J connectivity index is 2.51. The predicted octanol–water partition coefficient (Wildman–Crippen LogP) is -0.145. The SMILES string of the molecule is CCC(O)CNC(=O)[C@@H](N)Cc1ccc(O)c(O)c1. The second-order valence-corrected chi connectivity index (χ2v) is 4.44. The average Bonchev–Trinajstić information content (AvgIpc) is 2.39. The highest BCUT2D eigenvalue weighted by Gasteiger charge is 2.15. The molecule has 2 atom stereocenters. The largest absolute Gasteiger partial charge is 0.504 e. The Morgan fingerprint density at radius 1 is 1.37 bits per heavy atom. The fourth-order valence-electron chi connectivity index (χ4n) is 1.54. The van der Waals surface area contributed by atoms with Gasteiger partial charge in [0.15, 0.2) is 11.5 Å². The Morgan fingerprint density at radius 2 is 2.05 bits per heavy atom. The molecule has 1 aromatic carbocycles. The lowest BCUT2D eigenvalue weighted by Gasteiger charge is -2.14. The lowest BCUT2D eigenvalue weighted by Crippen LogP contribution is -2.44. The lowest BCUT2D eigenvalue weighted by atomic mass is 10.1. The first-order valence-electron chi connectivity index (χ1n) is 6.16. The maximum Gasteiger partial charge on any atom is 0.237 e. The molecular formula is C13H20N2O4. The molecule has 1 unspecified atom stereocenters. The molecule has 0 fully saturated rings. The Bertz CT molecular complexity index is 437. The highest BCUT2D eigenvalue weighted by molar-refractivity contribution is 5.81. The van der Waals surface area contributed by atoms with E-state index in [1.54, 1.807) is 6.07 Å². The van der Waals surface area contributed by atoms with E-state index in [4.69, 9.17) is 5.73 Å². The Hall–Kier alpha value is -1.79. The predicted molar refractivity (Wildman–Crippen MR) is 70.8 cm³/mol. The van der Waals surface area contributed by atoms with Gasteiger partial charge in [-0.2, -0.15) is 0 Å². The molecule has 6 nitrogen and oxygen atoms in total. The molecule has 6 N–H and O–H groups in total. The number of phenols is 2. The van der Waals surface area contributed by atoms with Crippen molar-refractivity contribution in [1.82, 2.24) is 5.32 Å². The van der Waals surface area contributed by atoms with Crippen LogP contribution in [-0.2, 0) is 11.2 Å². The Labute approximate surface area is 111 Å². The van der Waals surface area contributed by atoms with E-state index in [1.165, 1.54) is 12.1 Å². The van der Waals surface area contributed by atoms with Gasteiger partial charge in [-0.1, -0.05) is 13.0 Å². The monoisotopic (exact) mass is 268 g/mol. The summed E-state index contributed by atoms with van der Waals surface area (Å²) in [6.45, 7) is 1.99. The van der Waals surface area contributed by atoms with Crippen LogP contribution in [0.15, 0.2) is 18.2 Å². The van der Waals surface area contributed by atoms with Crippen LogP contribution in [0.5, 0.6) is 11.5 Å². The maximum atomic E-state index is 11.7. The van der Waals surface area contributed by atoms with E-state index in [1.807, 2.05) is 6.92 Å². The van der Waals surface area contributed by atoms with Crippen molar-refractivity contribution in [2.75, 3.05) is 6.54 Å². The number of phenolic OH excluding ortho intramolecular Hbond substituents is 2. The van der Waals surface area contributed by atoms with Crippen molar-refractivity contribution in [2.45, 2.75) is 31.9 Å². The topological polar surface area (TPSA) is 116 Å². The summed E-state index contributed by atoms with van der Waals surface area (Å²) in [5.41, 5.74) is 6.37. The summed E-state index contributed by atoms with van der Waals surface area (Å²) in [4.78, 5) is 11.7. The molecule has 0 spiro atoms. The molecule has 0 saturated carbocycles. The molecule has 19 heavy (non-hydrogen) atoms. The van der Waals surface area contributed by atoms with E-state index in [2.05, 4.69) is 5.32 Å². The summed E-state index contributed by atoms with van der Waals surface area (Å²) in [7, 11) is 0. The van der Waals surface area contributed by atoms with Gasteiger partial charge in [-0.15, -0.1) is 0 Å². The van der Waals surface area contributed by atoms with E-state index >= 15 is 0 Å². The van der Waals surface area contributed by atoms with Crippen LogP contribution in [0.1, 0.15) is 18.9 Å². The van der Waals surface area contributed by atoms with Crippen LogP contribution >= 0.6 is 0 Å². The summed E-state index contributed by atoms with van der Waals surface area (Å²) in [5.74, 6) is -0.820. The number of hydrogen-bond donors (Lipinski definition) is 5. The molecule has 0 bridgehead atoms. The third-order valence-corrected chi connectivity index (χ3v) is 2.82. The minimum atomic E-state index is -0.770. The molecule has 6 heteroatoms. The summed E-state index contributed by atoms with van der Waals surface area (Å²) in [5, 5.41) is 30.4. The molecular weight excluding hydrogens is 248 g/mol. The number of hydrogen-bond acceptors (Lipinski definition) is 5. The number of carbonyl (C=O) groups excluding carboxylic acids is 1. The van der Waals surface area contributed by atoms with E-state index in [0.29, 0.717) is 12.0 Å². The molecule has 1 rings (SSSR count). The molecule has 106 valence electrons. The average molecular weight is 268 g/mol. The quantitative estimate of drug-likeness (QED) is 0.460. The van der Waals surface area contributed by atoms with Gasteiger partial charge >= 0.3 is 0 Å². The second-order valence-electron chi connectivity index (χ2n) is 4.44. The Kier molecular flexibility index (Phi) is 5.59. The van der Waals surface area contributed by atoms with Gasteiger partial charge in [0.25, 0.3) is 0 Å². The number of rotatable bonds is 6. The fourth-order valence-corrected chi connectivity index (χ4v) is 1.54. The van der Waals surface area contributed by atoms with Crippen LogP contribution in [0, 0.1) is 0 Å². The minimum Gasteiger partial charge on any atom is -0.504 e. The van der Waals surface area contributed by atoms with E-state index in [0.717, 1.165) is 0 Å². The van der Waals surface area contributed by atoms with Crippen molar-refractivity contribution in [1.29, 1.82) is 0 Å². The molecule has 0 heterocycles. The van der Waals surface area contributed by atoms with Gasteiger partial charge in [-0.3, -0.25) is 4.79 Å². The molecule has 0 radical (unpaired) electrons. The van der Waals surface area contributed by atoms with Crippen molar-refractivity contribution in [2.24, 2.45) is 5.73 Å². The van der Waals surface area contributed by atoms with Gasteiger partial charge in [-0.05, 0) is 30.5 Å². The third-order valence-electron chi connectivity index (χ3n) is 2.82. The standard InChI is InChI=1S/C13H20N2O4/c1-2-9(16)7-15-13(19)10(14)5-8-3-4-11(17)12(18)6-8/h3-4,6,9-10,16-18H,2,5,7,14H2,1H3,(H,15,19)/t9?,10-/m0/s1. The number of nitrogens with one attached hydrogen (secondary N) is 1. The zero-order valence-electron chi connectivity index (χ0n) is 10.8. The summed E-state index contributed by atoms with van der Waals surface area (Å²) in [6.07, 6.45) is 0.220. The van der Waals surface area contributed by atoms with E-state index < -0.39 is 12.1 Å². The van der Waals surface area contributed by atoms with E-state index in [-0.39, 0.29) is 30.4 Å². The van der Waals surface area contributed by atoms with Crippen molar-refractivity contribution in [3.8, 4) is 11.5 Å². The number of amides is 1. The van der Waals surface area contributed by atoms with Gasteiger partial charge in [0, 0.05) is 6.54 Å². The minimum absolute atomic E-state index is 0.170. The molecule has 0 aliphatic rings. The number of carbonyl (C=O) groups is 1. The summed E-state index contributed by atoms with van der Waals surface area (Å²) < 4.78 is 0. The number of aliphatic hydroxyl groups excluding tert-OH is 1. The lowest BCUT2D eigenvalue weighted by molar-refractivity contribution is -0.122. The first-order valence-corrected chi connectivity index (χ1v) is 6.16. The number of aliphatic hydroxyl groups is 1.